The second-order valence-electron chi connectivity index (χ2n) is 6.72. The zero-order chi connectivity index (χ0) is 21.6. The Balaban J connectivity index is 2.33. The van der Waals surface area contributed by atoms with Crippen molar-refractivity contribution in [2.24, 2.45) is 0 Å². The zero-order valence-corrected chi connectivity index (χ0v) is 19.2. The molecule has 2 aromatic rings. The van der Waals surface area contributed by atoms with Crippen LogP contribution in [0.3, 0.4) is 0 Å². The fourth-order valence-corrected chi connectivity index (χ4v) is 4.78. The van der Waals surface area contributed by atoms with Gasteiger partial charge in [0.2, 0.25) is 15.9 Å². The highest BCUT2D eigenvalue weighted by Crippen LogP contribution is 2.25. The van der Waals surface area contributed by atoms with Gasteiger partial charge in [-0.1, -0.05) is 54.2 Å². The van der Waals surface area contributed by atoms with Gasteiger partial charge in [-0.05, 0) is 55.3 Å². The van der Waals surface area contributed by atoms with E-state index in [1.807, 2.05) is 13.8 Å². The van der Waals surface area contributed by atoms with E-state index in [1.54, 1.807) is 12.1 Å². The van der Waals surface area contributed by atoms with Crippen molar-refractivity contribution in [2.75, 3.05) is 6.54 Å². The lowest BCUT2D eigenvalue weighted by Crippen LogP contribution is -2.43. The summed E-state index contributed by atoms with van der Waals surface area (Å²) in [6.07, 6.45) is 1.72. The Labute approximate surface area is 187 Å². The normalized spacial score (nSPS) is 12.8. The molecular weight excluding hydrogens is 455 g/mol. The maximum Gasteiger partial charge on any atom is 0.243 e. The molecule has 158 valence electrons. The summed E-state index contributed by atoms with van der Waals surface area (Å²) < 4.78 is 27.5. The predicted octanol–water partition coefficient (Wildman–Crippen LogP) is 5.14. The van der Waals surface area contributed by atoms with Crippen molar-refractivity contribution in [3.63, 3.8) is 0 Å². The van der Waals surface area contributed by atoms with Gasteiger partial charge in [-0.25, -0.2) is 8.42 Å². The molecule has 0 aliphatic heterocycles. The number of hydrogen-bond acceptors (Lipinski definition) is 3. The molecule has 1 amide bonds. The molecular formula is C20H23Cl3N2O3S. The minimum absolute atomic E-state index is 0.0430. The first-order valence-corrected chi connectivity index (χ1v) is 11.7. The molecule has 2 aromatic carbocycles. The van der Waals surface area contributed by atoms with Crippen LogP contribution in [0.15, 0.2) is 47.4 Å². The molecule has 0 fully saturated rings. The molecule has 0 saturated heterocycles. The third kappa shape index (κ3) is 6.86. The van der Waals surface area contributed by atoms with Crippen LogP contribution in [0.5, 0.6) is 0 Å². The number of nitrogens with one attached hydrogen (secondary N) is 1. The highest BCUT2D eigenvalue weighted by molar-refractivity contribution is 7.89. The lowest BCUT2D eigenvalue weighted by atomic mass is 10.2. The van der Waals surface area contributed by atoms with Crippen molar-refractivity contribution in [3.8, 4) is 0 Å². The summed E-state index contributed by atoms with van der Waals surface area (Å²) in [5, 5.41) is 4.02. The van der Waals surface area contributed by atoms with E-state index in [2.05, 4.69) is 5.32 Å². The summed E-state index contributed by atoms with van der Waals surface area (Å²) in [6.45, 7) is 3.49. The zero-order valence-electron chi connectivity index (χ0n) is 16.2. The minimum atomic E-state index is -3.96. The average Bonchev–Trinajstić information content (AvgIpc) is 2.63. The molecule has 0 bridgehead atoms. The number of sulfonamides is 1. The molecule has 0 spiro atoms. The average molecular weight is 478 g/mol. The minimum Gasteiger partial charge on any atom is -0.353 e. The summed E-state index contributed by atoms with van der Waals surface area (Å²) in [6, 6.07) is 10.6. The Morgan fingerprint density at radius 1 is 1.07 bits per heavy atom. The maximum atomic E-state index is 13.2. The van der Waals surface area contributed by atoms with Gasteiger partial charge in [-0.2, -0.15) is 4.31 Å². The maximum absolute atomic E-state index is 13.2. The first kappa shape index (κ1) is 24.0. The van der Waals surface area contributed by atoms with Gasteiger partial charge >= 0.3 is 0 Å². The van der Waals surface area contributed by atoms with E-state index in [1.165, 1.54) is 30.3 Å². The van der Waals surface area contributed by atoms with Crippen molar-refractivity contribution >= 4 is 50.7 Å². The molecule has 0 saturated carbocycles. The van der Waals surface area contributed by atoms with Gasteiger partial charge in [0.15, 0.2) is 0 Å². The summed E-state index contributed by atoms with van der Waals surface area (Å²) in [7, 11) is -3.96. The number of halogens is 3. The molecule has 0 aliphatic carbocycles. The number of carbonyl (C=O) groups is 1. The highest BCUT2D eigenvalue weighted by Gasteiger charge is 2.28. The van der Waals surface area contributed by atoms with E-state index < -0.39 is 10.0 Å². The fourth-order valence-electron chi connectivity index (χ4n) is 2.81. The number of benzene rings is 2. The molecule has 2 rings (SSSR count). The molecule has 0 aliphatic rings. The molecule has 0 unspecified atom stereocenters. The Morgan fingerprint density at radius 2 is 1.69 bits per heavy atom. The van der Waals surface area contributed by atoms with Crippen LogP contribution in [0.25, 0.3) is 0 Å². The monoisotopic (exact) mass is 476 g/mol. The molecule has 0 radical (unpaired) electrons. The lowest BCUT2D eigenvalue weighted by Gasteiger charge is -2.23. The van der Waals surface area contributed by atoms with Gasteiger partial charge in [-0.3, -0.25) is 4.79 Å². The number of hydrogen-bond donors (Lipinski definition) is 1. The van der Waals surface area contributed by atoms with E-state index >= 15 is 0 Å². The van der Waals surface area contributed by atoms with Crippen molar-refractivity contribution in [2.45, 2.75) is 44.2 Å². The van der Waals surface area contributed by atoms with Crippen molar-refractivity contribution in [3.05, 3.63) is 63.1 Å². The summed E-state index contributed by atoms with van der Waals surface area (Å²) in [5.41, 5.74) is 0.544. The van der Waals surface area contributed by atoms with E-state index in [9.17, 15) is 13.2 Å². The fraction of sp³-hybridized carbons (Fsp3) is 0.350. The Hall–Kier alpha value is -1.31. The second kappa shape index (κ2) is 10.6. The Kier molecular flexibility index (Phi) is 8.79. The Bertz CT molecular complexity index is 950. The van der Waals surface area contributed by atoms with Crippen LogP contribution in [-0.4, -0.2) is 31.2 Å². The number of amides is 1. The van der Waals surface area contributed by atoms with Crippen molar-refractivity contribution in [1.82, 2.24) is 9.62 Å². The lowest BCUT2D eigenvalue weighted by molar-refractivity contribution is -0.122. The van der Waals surface area contributed by atoms with Crippen LogP contribution >= 0.6 is 34.8 Å². The van der Waals surface area contributed by atoms with Gasteiger partial charge in [0.05, 0.1) is 11.4 Å². The van der Waals surface area contributed by atoms with Crippen LogP contribution in [0.1, 0.15) is 32.3 Å². The SMILES string of the molecule is CCC[C@@H](C)NC(=O)CN(Cc1ccc(Cl)cc1Cl)S(=O)(=O)c1ccc(Cl)cc1. The number of carbonyl (C=O) groups excluding carboxylic acids is 1. The highest BCUT2D eigenvalue weighted by atomic mass is 35.5. The van der Waals surface area contributed by atoms with E-state index in [-0.39, 0.29) is 29.9 Å². The standard InChI is InChI=1S/C20H23Cl3N2O3S/c1-3-4-14(2)24-20(26)13-25(12-15-5-6-17(22)11-19(15)23)29(27,28)18-9-7-16(21)8-10-18/h5-11,14H,3-4,12-13H2,1-2H3,(H,24,26)/t14-/m1/s1. The van der Waals surface area contributed by atoms with Crippen LogP contribution in [0.2, 0.25) is 15.1 Å². The topological polar surface area (TPSA) is 66.5 Å². The molecule has 9 heteroatoms. The van der Waals surface area contributed by atoms with Gasteiger partial charge in [0.25, 0.3) is 0 Å². The first-order valence-electron chi connectivity index (χ1n) is 9.12. The van der Waals surface area contributed by atoms with Gasteiger partial charge in [-0.15, -0.1) is 0 Å². The third-order valence-electron chi connectivity index (χ3n) is 4.26. The van der Waals surface area contributed by atoms with Crippen molar-refractivity contribution in [1.29, 1.82) is 0 Å². The van der Waals surface area contributed by atoms with Crippen LogP contribution in [0, 0.1) is 0 Å². The molecule has 1 N–H and O–H groups in total. The van der Waals surface area contributed by atoms with Crippen LogP contribution in [0.4, 0.5) is 0 Å². The predicted molar refractivity (Wildman–Crippen MR) is 118 cm³/mol. The van der Waals surface area contributed by atoms with E-state index in [0.717, 1.165) is 17.1 Å². The third-order valence-corrected chi connectivity index (χ3v) is 6.91. The quantitative estimate of drug-likeness (QED) is 0.543. The summed E-state index contributed by atoms with van der Waals surface area (Å²) >= 11 is 18.0. The van der Waals surface area contributed by atoms with E-state index in [0.29, 0.717) is 20.6 Å². The van der Waals surface area contributed by atoms with Crippen molar-refractivity contribution < 1.29 is 13.2 Å². The van der Waals surface area contributed by atoms with E-state index in [4.69, 9.17) is 34.8 Å². The van der Waals surface area contributed by atoms with Crippen LogP contribution < -0.4 is 5.32 Å². The largest absolute Gasteiger partial charge is 0.353 e. The summed E-state index contributed by atoms with van der Waals surface area (Å²) in [4.78, 5) is 12.6. The van der Waals surface area contributed by atoms with Gasteiger partial charge in [0, 0.05) is 27.7 Å². The molecule has 0 aromatic heterocycles. The smallest absolute Gasteiger partial charge is 0.243 e. The van der Waals surface area contributed by atoms with Gasteiger partial charge < -0.3 is 5.32 Å². The number of nitrogens with zero attached hydrogens (tertiary/aromatic N) is 1. The Morgan fingerprint density at radius 3 is 2.28 bits per heavy atom. The molecule has 29 heavy (non-hydrogen) atoms. The summed E-state index contributed by atoms with van der Waals surface area (Å²) in [5.74, 6) is -0.381. The number of rotatable bonds is 9. The second-order valence-corrected chi connectivity index (χ2v) is 9.94. The van der Waals surface area contributed by atoms with Crippen LogP contribution in [-0.2, 0) is 21.4 Å². The first-order chi connectivity index (χ1) is 13.6. The van der Waals surface area contributed by atoms with Gasteiger partial charge in [0.1, 0.15) is 0 Å². The molecule has 1 atom stereocenters. The molecule has 0 heterocycles. The molecule has 5 nitrogen and oxygen atoms in total.